The first-order valence-electron chi connectivity index (χ1n) is 8.22. The molecule has 0 atom stereocenters. The summed E-state index contributed by atoms with van der Waals surface area (Å²) in [5.41, 5.74) is 3.89. The van der Waals surface area contributed by atoms with Gasteiger partial charge in [-0.15, -0.1) is 0 Å². The van der Waals surface area contributed by atoms with Gasteiger partial charge in [0.1, 0.15) is 5.69 Å². The number of aryl methyl sites for hydroxylation is 2. The van der Waals surface area contributed by atoms with Crippen LogP contribution < -0.4 is 10.6 Å². The quantitative estimate of drug-likeness (QED) is 0.729. The van der Waals surface area contributed by atoms with Crippen molar-refractivity contribution in [1.29, 1.82) is 0 Å². The van der Waals surface area contributed by atoms with Gasteiger partial charge in [0.2, 0.25) is 5.95 Å². The maximum absolute atomic E-state index is 12.5. The molecule has 0 radical (unpaired) electrons. The molecule has 2 N–H and O–H groups in total. The van der Waals surface area contributed by atoms with Crippen LogP contribution in [0.4, 0.5) is 17.3 Å². The lowest BCUT2D eigenvalue weighted by Gasteiger charge is -2.09. The Balaban J connectivity index is 1.77. The standard InChI is InChI=1S/C20H20N4O/c1-3-15-9-11-17(12-10-15)22-19(25)18-13-14(2)21-20(24-18)23-16-7-5-4-6-8-16/h4-13H,3H2,1-2H3,(H,22,25)(H,21,23,24). The molecule has 0 fully saturated rings. The molecule has 0 aliphatic carbocycles. The fourth-order valence-corrected chi connectivity index (χ4v) is 2.41. The number of rotatable bonds is 5. The van der Waals surface area contributed by atoms with E-state index in [1.807, 2.05) is 61.5 Å². The molecule has 3 aromatic rings. The van der Waals surface area contributed by atoms with Gasteiger partial charge in [-0.3, -0.25) is 4.79 Å². The summed E-state index contributed by atoms with van der Waals surface area (Å²) in [6.45, 7) is 3.93. The van der Waals surface area contributed by atoms with E-state index in [1.54, 1.807) is 6.07 Å². The van der Waals surface area contributed by atoms with Crippen LogP contribution in [0.2, 0.25) is 0 Å². The Kier molecular flexibility index (Phi) is 5.04. The number of para-hydroxylation sites is 1. The zero-order valence-corrected chi connectivity index (χ0v) is 14.3. The molecule has 2 aromatic carbocycles. The summed E-state index contributed by atoms with van der Waals surface area (Å²) in [6, 6.07) is 19.1. The van der Waals surface area contributed by atoms with Gasteiger partial charge in [0.15, 0.2) is 0 Å². The Morgan fingerprint density at radius 2 is 1.68 bits per heavy atom. The monoisotopic (exact) mass is 332 g/mol. The lowest BCUT2D eigenvalue weighted by Crippen LogP contribution is -2.15. The van der Waals surface area contributed by atoms with Gasteiger partial charge in [0.25, 0.3) is 5.91 Å². The van der Waals surface area contributed by atoms with Gasteiger partial charge in [0.05, 0.1) is 0 Å². The van der Waals surface area contributed by atoms with E-state index in [0.717, 1.165) is 23.5 Å². The van der Waals surface area contributed by atoms with E-state index in [-0.39, 0.29) is 5.91 Å². The molecular formula is C20H20N4O. The number of hydrogen-bond donors (Lipinski definition) is 2. The van der Waals surface area contributed by atoms with E-state index in [4.69, 9.17) is 0 Å². The van der Waals surface area contributed by atoms with Crippen LogP contribution in [-0.2, 0) is 6.42 Å². The fraction of sp³-hybridized carbons (Fsp3) is 0.150. The fourth-order valence-electron chi connectivity index (χ4n) is 2.41. The van der Waals surface area contributed by atoms with E-state index in [1.165, 1.54) is 5.56 Å². The van der Waals surface area contributed by atoms with Crippen molar-refractivity contribution < 1.29 is 4.79 Å². The molecule has 0 spiro atoms. The van der Waals surface area contributed by atoms with Gasteiger partial charge < -0.3 is 10.6 Å². The first kappa shape index (κ1) is 16.6. The van der Waals surface area contributed by atoms with Crippen molar-refractivity contribution in [1.82, 2.24) is 9.97 Å². The number of hydrogen-bond acceptors (Lipinski definition) is 4. The molecule has 0 aliphatic heterocycles. The van der Waals surface area contributed by atoms with Crippen molar-refractivity contribution in [2.75, 3.05) is 10.6 Å². The minimum atomic E-state index is -0.258. The second-order valence-electron chi connectivity index (χ2n) is 5.71. The molecule has 5 heteroatoms. The Hall–Kier alpha value is -3.21. The number of carbonyl (C=O) groups excluding carboxylic acids is 1. The third-order valence-corrected chi connectivity index (χ3v) is 3.74. The second-order valence-corrected chi connectivity index (χ2v) is 5.71. The summed E-state index contributed by atoms with van der Waals surface area (Å²) in [6.07, 6.45) is 0.966. The van der Waals surface area contributed by atoms with Crippen LogP contribution in [0.25, 0.3) is 0 Å². The summed E-state index contributed by atoms with van der Waals surface area (Å²) < 4.78 is 0. The Bertz CT molecular complexity index is 861. The van der Waals surface area contributed by atoms with E-state index < -0.39 is 0 Å². The van der Waals surface area contributed by atoms with E-state index >= 15 is 0 Å². The largest absolute Gasteiger partial charge is 0.324 e. The van der Waals surface area contributed by atoms with Gasteiger partial charge in [0, 0.05) is 17.1 Å². The maximum Gasteiger partial charge on any atom is 0.274 e. The van der Waals surface area contributed by atoms with Gasteiger partial charge in [-0.2, -0.15) is 0 Å². The average Bonchev–Trinajstić information content (AvgIpc) is 2.62. The average molecular weight is 332 g/mol. The molecule has 0 saturated carbocycles. The number of anilines is 3. The van der Waals surface area contributed by atoms with Gasteiger partial charge in [-0.25, -0.2) is 9.97 Å². The normalized spacial score (nSPS) is 10.3. The SMILES string of the molecule is CCc1ccc(NC(=O)c2cc(C)nc(Nc3ccccc3)n2)cc1. The highest BCUT2D eigenvalue weighted by Gasteiger charge is 2.11. The van der Waals surface area contributed by atoms with Crippen molar-refractivity contribution in [3.8, 4) is 0 Å². The van der Waals surface area contributed by atoms with Gasteiger partial charge in [-0.05, 0) is 49.2 Å². The van der Waals surface area contributed by atoms with Crippen LogP contribution in [0.5, 0.6) is 0 Å². The second kappa shape index (κ2) is 7.57. The molecule has 0 aliphatic rings. The van der Waals surface area contributed by atoms with E-state index in [0.29, 0.717) is 11.6 Å². The first-order valence-corrected chi connectivity index (χ1v) is 8.22. The summed E-state index contributed by atoms with van der Waals surface area (Å²) in [5.74, 6) is 0.142. The van der Waals surface area contributed by atoms with Gasteiger partial charge in [-0.1, -0.05) is 37.3 Å². The molecule has 1 heterocycles. The minimum absolute atomic E-state index is 0.258. The molecule has 25 heavy (non-hydrogen) atoms. The molecule has 126 valence electrons. The highest BCUT2D eigenvalue weighted by molar-refractivity contribution is 6.03. The molecule has 0 saturated heterocycles. The lowest BCUT2D eigenvalue weighted by atomic mass is 10.1. The Morgan fingerprint density at radius 1 is 0.960 bits per heavy atom. The number of amides is 1. The van der Waals surface area contributed by atoms with Crippen molar-refractivity contribution in [3.63, 3.8) is 0 Å². The molecule has 0 bridgehead atoms. The highest BCUT2D eigenvalue weighted by Crippen LogP contribution is 2.15. The molecular weight excluding hydrogens is 312 g/mol. The number of aromatic nitrogens is 2. The van der Waals surface area contributed by atoms with Crippen molar-refractivity contribution in [2.24, 2.45) is 0 Å². The minimum Gasteiger partial charge on any atom is -0.324 e. The third-order valence-electron chi connectivity index (χ3n) is 3.74. The number of carbonyl (C=O) groups is 1. The Labute approximate surface area is 147 Å². The first-order chi connectivity index (χ1) is 12.1. The summed E-state index contributed by atoms with van der Waals surface area (Å²) >= 11 is 0. The highest BCUT2D eigenvalue weighted by atomic mass is 16.1. The van der Waals surface area contributed by atoms with Gasteiger partial charge >= 0.3 is 0 Å². The summed E-state index contributed by atoms with van der Waals surface area (Å²) in [4.78, 5) is 21.2. The van der Waals surface area contributed by atoms with Crippen LogP contribution in [0, 0.1) is 6.92 Å². The zero-order valence-electron chi connectivity index (χ0n) is 14.3. The number of nitrogens with one attached hydrogen (secondary N) is 2. The van der Waals surface area contributed by atoms with E-state index in [9.17, 15) is 4.79 Å². The molecule has 0 unspecified atom stereocenters. The number of nitrogens with zero attached hydrogens (tertiary/aromatic N) is 2. The predicted octanol–water partition coefficient (Wildman–Crippen LogP) is 4.34. The number of benzene rings is 2. The van der Waals surface area contributed by atoms with Crippen molar-refractivity contribution in [2.45, 2.75) is 20.3 Å². The van der Waals surface area contributed by atoms with Crippen LogP contribution in [-0.4, -0.2) is 15.9 Å². The van der Waals surface area contributed by atoms with Crippen molar-refractivity contribution >= 4 is 23.2 Å². The van der Waals surface area contributed by atoms with Crippen molar-refractivity contribution in [3.05, 3.63) is 77.6 Å². The molecule has 1 aromatic heterocycles. The predicted molar refractivity (Wildman–Crippen MR) is 100 cm³/mol. The van der Waals surface area contributed by atoms with Crippen LogP contribution in [0.15, 0.2) is 60.7 Å². The smallest absolute Gasteiger partial charge is 0.274 e. The maximum atomic E-state index is 12.5. The van der Waals surface area contributed by atoms with Crippen LogP contribution in [0.1, 0.15) is 28.7 Å². The van der Waals surface area contributed by atoms with Crippen LogP contribution >= 0.6 is 0 Å². The summed E-state index contributed by atoms with van der Waals surface area (Å²) in [7, 11) is 0. The third kappa shape index (κ3) is 4.41. The van der Waals surface area contributed by atoms with E-state index in [2.05, 4.69) is 27.5 Å². The summed E-state index contributed by atoms with van der Waals surface area (Å²) in [5, 5.41) is 5.99. The molecule has 3 rings (SSSR count). The molecule has 1 amide bonds. The van der Waals surface area contributed by atoms with Crippen LogP contribution in [0.3, 0.4) is 0 Å². The lowest BCUT2D eigenvalue weighted by molar-refractivity contribution is 0.102. The topological polar surface area (TPSA) is 66.9 Å². The zero-order chi connectivity index (χ0) is 17.6. The Morgan fingerprint density at radius 3 is 2.36 bits per heavy atom. The molecule has 5 nitrogen and oxygen atoms in total.